The highest BCUT2D eigenvalue weighted by atomic mass is 16.1. The smallest absolute Gasteiger partial charge is 0.226 e. The second-order valence-corrected chi connectivity index (χ2v) is 4.37. The highest BCUT2D eigenvalue weighted by molar-refractivity contribution is 5.91. The fraction of sp³-hybridized carbons (Fsp3) is 0.385. The fourth-order valence-electron chi connectivity index (χ4n) is 1.66. The summed E-state index contributed by atoms with van der Waals surface area (Å²) in [5.41, 5.74) is 1.80. The van der Waals surface area contributed by atoms with Crippen LogP contribution in [0.3, 0.4) is 0 Å². The number of para-hydroxylation sites is 2. The molecular weight excluding hydrogens is 214 g/mol. The number of imidazole rings is 1. The minimum absolute atomic E-state index is 0.0124. The molecule has 1 atom stereocenters. The van der Waals surface area contributed by atoms with E-state index >= 15 is 0 Å². The van der Waals surface area contributed by atoms with Gasteiger partial charge in [-0.1, -0.05) is 32.4 Å². The predicted octanol–water partition coefficient (Wildman–Crippen LogP) is 2.94. The molecule has 17 heavy (non-hydrogen) atoms. The van der Waals surface area contributed by atoms with Crippen molar-refractivity contribution in [3.8, 4) is 0 Å². The number of aromatic amines is 1. The van der Waals surface area contributed by atoms with Crippen LogP contribution in [0.2, 0.25) is 0 Å². The van der Waals surface area contributed by atoms with Crippen LogP contribution in [-0.4, -0.2) is 15.9 Å². The van der Waals surface area contributed by atoms with Gasteiger partial charge in [-0.15, -0.1) is 0 Å². The molecule has 0 radical (unpaired) electrons. The lowest BCUT2D eigenvalue weighted by Gasteiger charge is -2.06. The lowest BCUT2D eigenvalue weighted by Crippen LogP contribution is -2.15. The highest BCUT2D eigenvalue weighted by Gasteiger charge is 2.09. The molecule has 0 fully saturated rings. The summed E-state index contributed by atoms with van der Waals surface area (Å²) in [6.45, 7) is 4.15. The number of H-pyrrole nitrogens is 1. The Morgan fingerprint density at radius 3 is 2.94 bits per heavy atom. The Bertz CT molecular complexity index is 485. The molecular formula is C13H17N3O. The molecule has 1 amide bonds. The van der Waals surface area contributed by atoms with Gasteiger partial charge in [0.05, 0.1) is 11.0 Å². The molecule has 2 rings (SSSR count). The van der Waals surface area contributed by atoms with E-state index in [1.54, 1.807) is 0 Å². The van der Waals surface area contributed by atoms with E-state index in [9.17, 15) is 4.79 Å². The van der Waals surface area contributed by atoms with Gasteiger partial charge in [0, 0.05) is 6.42 Å². The van der Waals surface area contributed by atoms with Crippen LogP contribution in [0, 0.1) is 5.92 Å². The van der Waals surface area contributed by atoms with Crippen LogP contribution in [-0.2, 0) is 4.79 Å². The predicted molar refractivity (Wildman–Crippen MR) is 68.8 cm³/mol. The maximum absolute atomic E-state index is 11.7. The molecule has 1 unspecified atom stereocenters. The lowest BCUT2D eigenvalue weighted by molar-refractivity contribution is -0.117. The molecule has 0 aliphatic rings. The van der Waals surface area contributed by atoms with Crippen LogP contribution < -0.4 is 5.32 Å². The summed E-state index contributed by atoms with van der Waals surface area (Å²) in [6, 6.07) is 7.71. The number of hydrogen-bond donors (Lipinski definition) is 2. The van der Waals surface area contributed by atoms with Crippen LogP contribution in [0.15, 0.2) is 24.3 Å². The van der Waals surface area contributed by atoms with Crippen LogP contribution in [0.1, 0.15) is 26.7 Å². The molecule has 0 aliphatic carbocycles. The van der Waals surface area contributed by atoms with E-state index in [-0.39, 0.29) is 5.91 Å². The Morgan fingerprint density at radius 2 is 2.24 bits per heavy atom. The summed E-state index contributed by atoms with van der Waals surface area (Å²) in [6.07, 6.45) is 1.54. The van der Waals surface area contributed by atoms with Crippen molar-refractivity contribution >= 4 is 22.9 Å². The van der Waals surface area contributed by atoms with Crippen molar-refractivity contribution in [2.75, 3.05) is 5.32 Å². The second kappa shape index (κ2) is 4.99. The number of hydrogen-bond acceptors (Lipinski definition) is 2. The third kappa shape index (κ3) is 2.84. The van der Waals surface area contributed by atoms with E-state index in [4.69, 9.17) is 0 Å². The first kappa shape index (κ1) is 11.6. The van der Waals surface area contributed by atoms with E-state index in [0.717, 1.165) is 17.5 Å². The van der Waals surface area contributed by atoms with Crippen molar-refractivity contribution in [1.29, 1.82) is 0 Å². The van der Waals surface area contributed by atoms with E-state index in [2.05, 4.69) is 29.1 Å². The average molecular weight is 231 g/mol. The van der Waals surface area contributed by atoms with Crippen molar-refractivity contribution in [3.05, 3.63) is 24.3 Å². The van der Waals surface area contributed by atoms with Gasteiger partial charge in [-0.25, -0.2) is 4.98 Å². The first-order valence-corrected chi connectivity index (χ1v) is 5.93. The van der Waals surface area contributed by atoms with Crippen molar-refractivity contribution in [2.24, 2.45) is 5.92 Å². The van der Waals surface area contributed by atoms with Crippen molar-refractivity contribution in [3.63, 3.8) is 0 Å². The summed E-state index contributed by atoms with van der Waals surface area (Å²) in [7, 11) is 0. The Hall–Kier alpha value is -1.84. The number of amides is 1. The number of aromatic nitrogens is 2. The highest BCUT2D eigenvalue weighted by Crippen LogP contribution is 2.14. The van der Waals surface area contributed by atoms with Gasteiger partial charge in [0.2, 0.25) is 11.9 Å². The number of anilines is 1. The summed E-state index contributed by atoms with van der Waals surface area (Å²) in [4.78, 5) is 19.1. The molecule has 0 bridgehead atoms. The quantitative estimate of drug-likeness (QED) is 0.850. The third-order valence-electron chi connectivity index (χ3n) is 2.88. The van der Waals surface area contributed by atoms with E-state index in [1.165, 1.54) is 0 Å². The van der Waals surface area contributed by atoms with Crippen LogP contribution in [0.4, 0.5) is 5.95 Å². The molecule has 1 aromatic heterocycles. The molecule has 4 heteroatoms. The SMILES string of the molecule is CCC(C)CC(=O)Nc1nc2ccccc2[nH]1. The maximum Gasteiger partial charge on any atom is 0.226 e. The van der Waals surface area contributed by atoms with Gasteiger partial charge in [0.1, 0.15) is 0 Å². The number of carbonyl (C=O) groups is 1. The topological polar surface area (TPSA) is 57.8 Å². The number of benzene rings is 1. The minimum Gasteiger partial charge on any atom is -0.324 e. The molecule has 0 saturated carbocycles. The van der Waals surface area contributed by atoms with Gasteiger partial charge >= 0.3 is 0 Å². The lowest BCUT2D eigenvalue weighted by atomic mass is 10.1. The Balaban J connectivity index is 2.05. The Labute approximate surface area is 100 Å². The van der Waals surface area contributed by atoms with E-state index in [1.807, 2.05) is 24.3 Å². The van der Waals surface area contributed by atoms with Crippen molar-refractivity contribution in [2.45, 2.75) is 26.7 Å². The number of rotatable bonds is 4. The van der Waals surface area contributed by atoms with Gasteiger partial charge in [0.25, 0.3) is 0 Å². The molecule has 2 aromatic rings. The van der Waals surface area contributed by atoms with Gasteiger partial charge in [-0.3, -0.25) is 10.1 Å². The maximum atomic E-state index is 11.7. The average Bonchev–Trinajstić information content (AvgIpc) is 2.70. The van der Waals surface area contributed by atoms with Gasteiger partial charge in [-0.2, -0.15) is 0 Å². The second-order valence-electron chi connectivity index (χ2n) is 4.37. The number of nitrogens with zero attached hydrogens (tertiary/aromatic N) is 1. The molecule has 90 valence electrons. The van der Waals surface area contributed by atoms with Crippen LogP contribution >= 0.6 is 0 Å². The van der Waals surface area contributed by atoms with E-state index in [0.29, 0.717) is 18.3 Å². The number of fused-ring (bicyclic) bond motifs is 1. The first-order valence-electron chi connectivity index (χ1n) is 5.93. The van der Waals surface area contributed by atoms with Gasteiger partial charge in [0.15, 0.2) is 0 Å². The molecule has 2 N–H and O–H groups in total. The normalized spacial score (nSPS) is 12.6. The Kier molecular flexibility index (Phi) is 3.42. The Morgan fingerprint density at radius 1 is 1.47 bits per heavy atom. The van der Waals surface area contributed by atoms with E-state index < -0.39 is 0 Å². The zero-order chi connectivity index (χ0) is 12.3. The number of carbonyl (C=O) groups excluding carboxylic acids is 1. The number of nitrogens with one attached hydrogen (secondary N) is 2. The summed E-state index contributed by atoms with van der Waals surface area (Å²) in [5, 5.41) is 2.79. The molecule has 4 nitrogen and oxygen atoms in total. The largest absolute Gasteiger partial charge is 0.324 e. The molecule has 0 spiro atoms. The van der Waals surface area contributed by atoms with Gasteiger partial charge in [-0.05, 0) is 18.1 Å². The summed E-state index contributed by atoms with van der Waals surface area (Å²) in [5.74, 6) is 0.942. The van der Waals surface area contributed by atoms with Crippen LogP contribution in [0.5, 0.6) is 0 Å². The standard InChI is InChI=1S/C13H17N3O/c1-3-9(2)8-12(17)16-13-14-10-6-4-5-7-11(10)15-13/h4-7,9H,3,8H2,1-2H3,(H2,14,15,16,17). The molecule has 0 saturated heterocycles. The van der Waals surface area contributed by atoms with Crippen molar-refractivity contribution < 1.29 is 4.79 Å². The van der Waals surface area contributed by atoms with Gasteiger partial charge < -0.3 is 4.98 Å². The first-order chi connectivity index (χ1) is 8.19. The fourth-order valence-corrected chi connectivity index (χ4v) is 1.66. The van der Waals surface area contributed by atoms with Crippen LogP contribution in [0.25, 0.3) is 11.0 Å². The molecule has 1 heterocycles. The zero-order valence-electron chi connectivity index (χ0n) is 10.2. The monoisotopic (exact) mass is 231 g/mol. The molecule has 0 aliphatic heterocycles. The zero-order valence-corrected chi connectivity index (χ0v) is 10.2. The summed E-state index contributed by atoms with van der Waals surface area (Å²) >= 11 is 0. The summed E-state index contributed by atoms with van der Waals surface area (Å²) < 4.78 is 0. The minimum atomic E-state index is 0.0124. The third-order valence-corrected chi connectivity index (χ3v) is 2.88. The molecule has 1 aromatic carbocycles. The van der Waals surface area contributed by atoms with Crippen molar-refractivity contribution in [1.82, 2.24) is 9.97 Å².